The van der Waals surface area contributed by atoms with E-state index in [1.165, 1.54) is 6.07 Å². The lowest BCUT2D eigenvalue weighted by Crippen LogP contribution is -2.51. The summed E-state index contributed by atoms with van der Waals surface area (Å²) < 4.78 is 20.9. The maximum atomic E-state index is 15.2. The summed E-state index contributed by atoms with van der Waals surface area (Å²) in [6.07, 6.45) is 4.51. The van der Waals surface area contributed by atoms with Crippen molar-refractivity contribution in [2.24, 2.45) is 0 Å². The second-order valence-corrected chi connectivity index (χ2v) is 12.1. The molecule has 0 radical (unpaired) electrons. The number of amides is 1. The number of rotatable bonds is 8. The Hall–Kier alpha value is -4.42. The summed E-state index contributed by atoms with van der Waals surface area (Å²) in [6.45, 7) is 6.58. The van der Waals surface area contributed by atoms with Gasteiger partial charge in [0.2, 0.25) is 5.95 Å². The Morgan fingerprint density at radius 3 is 2.56 bits per heavy atom. The van der Waals surface area contributed by atoms with Crippen LogP contribution in [-0.4, -0.2) is 62.3 Å². The molecule has 4 N–H and O–H groups in total. The van der Waals surface area contributed by atoms with E-state index in [0.717, 1.165) is 44.5 Å². The number of fused-ring (bicyclic) bond motifs is 4. The van der Waals surface area contributed by atoms with Crippen LogP contribution in [0.15, 0.2) is 53.2 Å². The van der Waals surface area contributed by atoms with Gasteiger partial charge in [0.05, 0.1) is 23.9 Å². The van der Waals surface area contributed by atoms with Gasteiger partial charge in [-0.15, -0.1) is 0 Å². The number of piperidine rings is 3. The molecule has 2 aromatic heterocycles. The van der Waals surface area contributed by atoms with Gasteiger partial charge in [-0.3, -0.25) is 4.79 Å². The van der Waals surface area contributed by atoms with E-state index < -0.39 is 17.4 Å². The zero-order valence-electron chi connectivity index (χ0n) is 24.0. The lowest BCUT2D eigenvalue weighted by molar-refractivity contribution is 0.0747. The molecule has 3 fully saturated rings. The van der Waals surface area contributed by atoms with Gasteiger partial charge in [0.15, 0.2) is 5.82 Å². The molecule has 11 nitrogen and oxygen atoms in total. The lowest BCUT2D eigenvalue weighted by Gasteiger charge is -2.46. The van der Waals surface area contributed by atoms with Crippen LogP contribution in [0.5, 0.6) is 0 Å². The number of anilines is 3. The van der Waals surface area contributed by atoms with Crippen LogP contribution in [0.1, 0.15) is 66.5 Å². The smallest absolute Gasteiger partial charge is 0.263 e. The molecule has 0 spiro atoms. The second kappa shape index (κ2) is 10.4. The van der Waals surface area contributed by atoms with Crippen LogP contribution in [0.2, 0.25) is 0 Å². The van der Waals surface area contributed by atoms with Crippen LogP contribution < -0.4 is 16.0 Å². The van der Waals surface area contributed by atoms with E-state index in [0.29, 0.717) is 28.3 Å². The highest BCUT2D eigenvalue weighted by Gasteiger charge is 2.44. The minimum absolute atomic E-state index is 0.0980. The highest BCUT2D eigenvalue weighted by atomic mass is 19.1. The van der Waals surface area contributed by atoms with Crippen molar-refractivity contribution in [1.29, 1.82) is 0 Å². The SMILES string of the molecule is CC1(C)NC(=O)c2cc(F)c(Nc3ncc(-c4nc(C56CCN(CC5)CC6)no4)c(N[C@H](CO)c4ccccc4)n3)cc21. The quantitative estimate of drug-likeness (QED) is 0.237. The van der Waals surface area contributed by atoms with Gasteiger partial charge in [0.1, 0.15) is 17.2 Å². The predicted octanol–water partition coefficient (Wildman–Crippen LogP) is 4.27. The van der Waals surface area contributed by atoms with E-state index in [9.17, 15) is 9.90 Å². The first-order valence-corrected chi connectivity index (χ1v) is 14.5. The van der Waals surface area contributed by atoms with Crippen LogP contribution in [0.4, 0.5) is 21.8 Å². The fraction of sp³-hybridized carbons (Fsp3) is 0.387. The van der Waals surface area contributed by atoms with Crippen molar-refractivity contribution >= 4 is 23.4 Å². The molecule has 2 bridgehead atoms. The molecule has 43 heavy (non-hydrogen) atoms. The molecule has 2 aromatic carbocycles. The summed E-state index contributed by atoms with van der Waals surface area (Å²) in [5, 5.41) is 23.8. The number of halogens is 1. The van der Waals surface area contributed by atoms with Crippen molar-refractivity contribution in [2.75, 3.05) is 36.9 Å². The number of hydrogen-bond donors (Lipinski definition) is 4. The molecule has 1 amide bonds. The summed E-state index contributed by atoms with van der Waals surface area (Å²) in [5.41, 5.74) is 1.68. The van der Waals surface area contributed by atoms with E-state index in [4.69, 9.17) is 9.51 Å². The van der Waals surface area contributed by atoms with Crippen molar-refractivity contribution < 1.29 is 18.8 Å². The molecule has 8 rings (SSSR count). The second-order valence-electron chi connectivity index (χ2n) is 12.1. The number of nitrogens with zero attached hydrogens (tertiary/aromatic N) is 5. The third-order valence-corrected chi connectivity index (χ3v) is 9.03. The summed E-state index contributed by atoms with van der Waals surface area (Å²) in [4.78, 5) is 28.8. The van der Waals surface area contributed by atoms with Crippen LogP contribution in [0.3, 0.4) is 0 Å². The van der Waals surface area contributed by atoms with Gasteiger partial charge in [0, 0.05) is 17.2 Å². The fourth-order valence-corrected chi connectivity index (χ4v) is 6.42. The van der Waals surface area contributed by atoms with Gasteiger partial charge in [0.25, 0.3) is 11.8 Å². The Bertz CT molecular complexity index is 1670. The van der Waals surface area contributed by atoms with Crippen molar-refractivity contribution in [3.8, 4) is 11.5 Å². The van der Waals surface area contributed by atoms with Gasteiger partial charge < -0.3 is 30.5 Å². The van der Waals surface area contributed by atoms with Crippen LogP contribution in [0, 0.1) is 5.82 Å². The molecular formula is C31H33FN8O3. The number of benzene rings is 2. The number of nitrogens with one attached hydrogen (secondary N) is 3. The molecular weight excluding hydrogens is 551 g/mol. The monoisotopic (exact) mass is 584 g/mol. The number of aromatic nitrogens is 4. The standard InChI is InChI=1S/C31H33FN8O3/c1-30(2)21-15-23(22(32)14-19(21)26(42)38-30)35-29-33-16-20(25(36-29)34-24(17-41)18-6-4-3-5-7-18)27-37-28(39-43-27)31-8-11-40(12-9-31)13-10-31/h3-7,14-16,24,41H,8-13,17H2,1-2H3,(H,38,42)(H2,33,34,35,36)/t24-/m1/s1. The number of hydrogen-bond acceptors (Lipinski definition) is 10. The summed E-state index contributed by atoms with van der Waals surface area (Å²) in [6, 6.07) is 11.8. The minimum atomic E-state index is -0.651. The molecule has 3 saturated heterocycles. The first-order chi connectivity index (χ1) is 20.7. The molecule has 0 saturated carbocycles. The Labute approximate surface area is 247 Å². The van der Waals surface area contributed by atoms with Gasteiger partial charge in [-0.05, 0) is 76.0 Å². The highest BCUT2D eigenvalue weighted by Crippen LogP contribution is 2.42. The van der Waals surface area contributed by atoms with Gasteiger partial charge in [-0.25, -0.2) is 9.37 Å². The summed E-state index contributed by atoms with van der Waals surface area (Å²) in [7, 11) is 0. The average molecular weight is 585 g/mol. The maximum Gasteiger partial charge on any atom is 0.263 e. The normalized spacial score (nSPS) is 22.6. The third-order valence-electron chi connectivity index (χ3n) is 9.03. The molecule has 4 aliphatic heterocycles. The van der Waals surface area contributed by atoms with Crippen LogP contribution >= 0.6 is 0 Å². The Morgan fingerprint density at radius 2 is 1.84 bits per heavy atom. The Morgan fingerprint density at radius 1 is 1.09 bits per heavy atom. The number of carbonyl (C=O) groups excluding carboxylic acids is 1. The zero-order valence-corrected chi connectivity index (χ0v) is 24.0. The van der Waals surface area contributed by atoms with E-state index in [-0.39, 0.29) is 35.5 Å². The largest absolute Gasteiger partial charge is 0.394 e. The predicted molar refractivity (Wildman–Crippen MR) is 157 cm³/mol. The van der Waals surface area contributed by atoms with E-state index in [1.54, 1.807) is 12.3 Å². The molecule has 0 unspecified atom stereocenters. The minimum Gasteiger partial charge on any atom is -0.394 e. The molecule has 12 heteroatoms. The van der Waals surface area contributed by atoms with Crippen LogP contribution in [0.25, 0.3) is 11.5 Å². The number of aliphatic hydroxyl groups is 1. The number of carbonyl (C=O) groups is 1. The van der Waals surface area contributed by atoms with Gasteiger partial charge >= 0.3 is 0 Å². The topological polar surface area (TPSA) is 141 Å². The van der Waals surface area contributed by atoms with E-state index in [1.807, 2.05) is 44.2 Å². The molecule has 222 valence electrons. The molecule has 0 aliphatic carbocycles. The Balaban J connectivity index is 1.25. The van der Waals surface area contributed by atoms with Gasteiger partial charge in [-0.2, -0.15) is 9.97 Å². The molecule has 4 aliphatic rings. The third kappa shape index (κ3) is 4.90. The van der Waals surface area contributed by atoms with E-state index >= 15 is 4.39 Å². The fourth-order valence-electron chi connectivity index (χ4n) is 6.42. The molecule has 1 atom stereocenters. The molecule has 6 heterocycles. The van der Waals surface area contributed by atoms with E-state index in [2.05, 4.69) is 36.0 Å². The first-order valence-electron chi connectivity index (χ1n) is 14.5. The van der Waals surface area contributed by atoms with Gasteiger partial charge in [-0.1, -0.05) is 35.5 Å². The zero-order chi connectivity index (χ0) is 29.8. The first kappa shape index (κ1) is 27.4. The highest BCUT2D eigenvalue weighted by molar-refractivity contribution is 6.00. The van der Waals surface area contributed by atoms with Crippen LogP contribution in [-0.2, 0) is 11.0 Å². The van der Waals surface area contributed by atoms with Crippen molar-refractivity contribution in [3.63, 3.8) is 0 Å². The average Bonchev–Trinajstić information content (AvgIpc) is 3.60. The lowest BCUT2D eigenvalue weighted by atomic mass is 9.71. The molecule has 4 aromatic rings. The number of aliphatic hydroxyl groups excluding tert-OH is 1. The van der Waals surface area contributed by atoms with Crippen molar-refractivity contribution in [1.82, 2.24) is 30.3 Å². The maximum absolute atomic E-state index is 15.2. The van der Waals surface area contributed by atoms with Crippen molar-refractivity contribution in [3.05, 3.63) is 77.0 Å². The Kier molecular flexibility index (Phi) is 6.62. The summed E-state index contributed by atoms with van der Waals surface area (Å²) >= 11 is 0. The summed E-state index contributed by atoms with van der Waals surface area (Å²) in [5.74, 6) is 0.499. The van der Waals surface area contributed by atoms with Crippen molar-refractivity contribution in [2.45, 2.75) is 50.1 Å².